The number of hydrogen-bond acceptors (Lipinski definition) is 5. The van der Waals surface area contributed by atoms with E-state index in [1.807, 2.05) is 71.2 Å². The van der Waals surface area contributed by atoms with E-state index >= 15 is 0 Å². The molecule has 160 valence electrons. The van der Waals surface area contributed by atoms with Gasteiger partial charge in [0.2, 0.25) is 0 Å². The van der Waals surface area contributed by atoms with E-state index in [0.717, 1.165) is 40.3 Å². The van der Waals surface area contributed by atoms with Gasteiger partial charge in [-0.05, 0) is 43.5 Å². The molecule has 0 unspecified atom stereocenters. The van der Waals surface area contributed by atoms with Crippen LogP contribution in [0, 0.1) is 6.92 Å². The maximum Gasteiger partial charge on any atom is 0.254 e. The second-order valence-electron chi connectivity index (χ2n) is 7.62. The normalized spacial score (nSPS) is 14.4. The molecule has 3 aromatic rings. The molecule has 31 heavy (non-hydrogen) atoms. The quantitative estimate of drug-likeness (QED) is 0.548. The van der Waals surface area contributed by atoms with E-state index in [1.165, 1.54) is 0 Å². The van der Waals surface area contributed by atoms with Gasteiger partial charge >= 0.3 is 0 Å². The molecule has 1 aromatic heterocycles. The van der Waals surface area contributed by atoms with Crippen LogP contribution in [0.25, 0.3) is 0 Å². The Kier molecular flexibility index (Phi) is 7.04. The summed E-state index contributed by atoms with van der Waals surface area (Å²) in [5, 5.41) is 5.17. The van der Waals surface area contributed by atoms with Crippen LogP contribution < -0.4 is 5.32 Å². The third kappa shape index (κ3) is 5.35. The van der Waals surface area contributed by atoms with Crippen LogP contribution in [0.3, 0.4) is 0 Å². The molecule has 1 aliphatic rings. The summed E-state index contributed by atoms with van der Waals surface area (Å²) in [6.45, 7) is 3.23. The minimum absolute atomic E-state index is 0.0355. The lowest BCUT2D eigenvalue weighted by molar-refractivity contribution is 0.0694. The number of nitrogens with one attached hydrogen (secondary N) is 1. The van der Waals surface area contributed by atoms with E-state index in [2.05, 4.69) is 10.3 Å². The fraction of sp³-hybridized carbons (Fsp3) is 0.292. The number of amides is 2. The Morgan fingerprint density at radius 3 is 2.52 bits per heavy atom. The van der Waals surface area contributed by atoms with Crippen molar-refractivity contribution in [1.82, 2.24) is 15.2 Å². The Bertz CT molecular complexity index is 1040. The van der Waals surface area contributed by atoms with Crippen molar-refractivity contribution in [3.05, 3.63) is 81.8 Å². The van der Waals surface area contributed by atoms with Crippen molar-refractivity contribution in [2.45, 2.75) is 36.5 Å². The monoisotopic (exact) mass is 451 g/mol. The first kappa shape index (κ1) is 21.6. The van der Waals surface area contributed by atoms with Gasteiger partial charge in [-0.25, -0.2) is 4.98 Å². The Morgan fingerprint density at radius 2 is 1.81 bits per heavy atom. The van der Waals surface area contributed by atoms with E-state index in [1.54, 1.807) is 23.1 Å². The average molecular weight is 452 g/mol. The van der Waals surface area contributed by atoms with Crippen molar-refractivity contribution in [3.8, 4) is 0 Å². The fourth-order valence-electron chi connectivity index (χ4n) is 3.72. The van der Waals surface area contributed by atoms with Crippen molar-refractivity contribution in [3.63, 3.8) is 0 Å². The van der Waals surface area contributed by atoms with Crippen LogP contribution in [0.15, 0.2) is 64.3 Å². The molecule has 0 radical (unpaired) electrons. The molecule has 0 atom stereocenters. The zero-order chi connectivity index (χ0) is 21.6. The van der Waals surface area contributed by atoms with Crippen LogP contribution in [0.1, 0.15) is 44.8 Å². The molecular weight excluding hydrogens is 426 g/mol. The van der Waals surface area contributed by atoms with Gasteiger partial charge in [0.25, 0.3) is 11.8 Å². The third-order valence-corrected chi connectivity index (χ3v) is 7.23. The number of carbonyl (C=O) groups excluding carboxylic acids is 2. The highest BCUT2D eigenvalue weighted by molar-refractivity contribution is 7.98. The lowest BCUT2D eigenvalue weighted by atomic mass is 10.0. The predicted octanol–water partition coefficient (Wildman–Crippen LogP) is 4.78. The van der Waals surface area contributed by atoms with Gasteiger partial charge in [-0.2, -0.15) is 0 Å². The van der Waals surface area contributed by atoms with Gasteiger partial charge in [-0.15, -0.1) is 23.1 Å². The standard InChI is InChI=1S/C24H25N3O2S2/c1-17-6-2-3-7-20(17)23(28)26-18-10-12-27(13-11-18)24(29)21-8-4-5-9-22(21)31-15-19-14-30-16-25-19/h2-9,14,16,18H,10-13,15H2,1H3,(H,26,28). The van der Waals surface area contributed by atoms with Crippen LogP contribution in [-0.2, 0) is 5.75 Å². The highest BCUT2D eigenvalue weighted by atomic mass is 32.2. The SMILES string of the molecule is Cc1ccccc1C(=O)NC1CCN(C(=O)c2ccccc2SCc2cscn2)CC1. The molecule has 1 N–H and O–H groups in total. The molecular formula is C24H25N3O2S2. The predicted molar refractivity (Wildman–Crippen MR) is 126 cm³/mol. The molecule has 0 saturated carbocycles. The summed E-state index contributed by atoms with van der Waals surface area (Å²) in [6.07, 6.45) is 1.52. The van der Waals surface area contributed by atoms with Gasteiger partial charge < -0.3 is 10.2 Å². The second-order valence-corrected chi connectivity index (χ2v) is 9.36. The number of nitrogens with zero attached hydrogens (tertiary/aromatic N) is 2. The van der Waals surface area contributed by atoms with Crippen molar-refractivity contribution in [1.29, 1.82) is 0 Å². The smallest absolute Gasteiger partial charge is 0.254 e. The van der Waals surface area contributed by atoms with Crippen LogP contribution in [0.2, 0.25) is 0 Å². The molecule has 1 saturated heterocycles. The highest BCUT2D eigenvalue weighted by Gasteiger charge is 2.26. The largest absolute Gasteiger partial charge is 0.349 e. The van der Waals surface area contributed by atoms with Crippen molar-refractivity contribution in [2.24, 2.45) is 0 Å². The summed E-state index contributed by atoms with van der Waals surface area (Å²) in [4.78, 5) is 33.0. The van der Waals surface area contributed by atoms with Gasteiger partial charge in [-0.1, -0.05) is 30.3 Å². The van der Waals surface area contributed by atoms with Crippen molar-refractivity contribution < 1.29 is 9.59 Å². The molecule has 0 bridgehead atoms. The summed E-state index contributed by atoms with van der Waals surface area (Å²) in [6, 6.07) is 15.5. The van der Waals surface area contributed by atoms with Crippen molar-refractivity contribution in [2.75, 3.05) is 13.1 Å². The van der Waals surface area contributed by atoms with Gasteiger partial charge in [0.05, 0.1) is 16.8 Å². The number of hydrogen-bond donors (Lipinski definition) is 1. The number of thioether (sulfide) groups is 1. The van der Waals surface area contributed by atoms with Gasteiger partial charge in [0, 0.05) is 40.7 Å². The minimum atomic E-state index is -0.0355. The molecule has 0 aliphatic carbocycles. The lowest BCUT2D eigenvalue weighted by Crippen LogP contribution is -2.46. The number of aromatic nitrogens is 1. The maximum atomic E-state index is 13.2. The topological polar surface area (TPSA) is 62.3 Å². The van der Waals surface area contributed by atoms with Crippen LogP contribution in [0.4, 0.5) is 0 Å². The summed E-state index contributed by atoms with van der Waals surface area (Å²) < 4.78 is 0. The average Bonchev–Trinajstić information content (AvgIpc) is 3.32. The molecule has 0 spiro atoms. The number of aryl methyl sites for hydroxylation is 1. The third-order valence-electron chi connectivity index (χ3n) is 5.48. The summed E-state index contributed by atoms with van der Waals surface area (Å²) in [5.41, 5.74) is 5.29. The fourth-order valence-corrected chi connectivity index (χ4v) is 5.33. The first-order chi connectivity index (χ1) is 15.1. The molecule has 5 nitrogen and oxygen atoms in total. The summed E-state index contributed by atoms with van der Waals surface area (Å²) in [7, 11) is 0. The zero-order valence-electron chi connectivity index (χ0n) is 17.4. The Morgan fingerprint density at radius 1 is 1.10 bits per heavy atom. The Hall–Kier alpha value is -2.64. The van der Waals surface area contributed by atoms with Gasteiger partial charge in [0.1, 0.15) is 0 Å². The number of piperidine rings is 1. The molecule has 7 heteroatoms. The molecule has 2 aromatic carbocycles. The first-order valence-electron chi connectivity index (χ1n) is 10.4. The van der Waals surface area contributed by atoms with Gasteiger partial charge in [0.15, 0.2) is 0 Å². The summed E-state index contributed by atoms with van der Waals surface area (Å²) in [5.74, 6) is 0.776. The molecule has 1 fully saturated rings. The number of carbonyl (C=O) groups is 2. The van der Waals surface area contributed by atoms with E-state index in [4.69, 9.17) is 0 Å². The Labute approximate surface area is 190 Å². The summed E-state index contributed by atoms with van der Waals surface area (Å²) >= 11 is 3.23. The van der Waals surface area contributed by atoms with E-state index in [-0.39, 0.29) is 17.9 Å². The van der Waals surface area contributed by atoms with Crippen LogP contribution in [0.5, 0.6) is 0 Å². The highest BCUT2D eigenvalue weighted by Crippen LogP contribution is 2.28. The lowest BCUT2D eigenvalue weighted by Gasteiger charge is -2.33. The molecule has 2 heterocycles. The minimum Gasteiger partial charge on any atom is -0.349 e. The molecule has 4 rings (SSSR count). The number of benzene rings is 2. The van der Waals surface area contributed by atoms with E-state index in [9.17, 15) is 9.59 Å². The Balaban J connectivity index is 1.34. The first-order valence-corrected chi connectivity index (χ1v) is 12.3. The van der Waals surface area contributed by atoms with Crippen LogP contribution >= 0.6 is 23.1 Å². The van der Waals surface area contributed by atoms with Crippen molar-refractivity contribution >= 4 is 34.9 Å². The number of rotatable bonds is 6. The van der Waals surface area contributed by atoms with E-state index < -0.39 is 0 Å². The maximum absolute atomic E-state index is 13.2. The zero-order valence-corrected chi connectivity index (χ0v) is 19.0. The molecule has 1 aliphatic heterocycles. The van der Waals surface area contributed by atoms with Gasteiger partial charge in [-0.3, -0.25) is 9.59 Å². The number of likely N-dealkylation sites (tertiary alicyclic amines) is 1. The number of thiazole rings is 1. The van der Waals surface area contributed by atoms with Crippen LogP contribution in [-0.4, -0.2) is 40.8 Å². The molecule has 2 amide bonds. The van der Waals surface area contributed by atoms with E-state index in [0.29, 0.717) is 18.7 Å². The second kappa shape index (κ2) is 10.1.